The van der Waals surface area contributed by atoms with Gasteiger partial charge in [0.15, 0.2) is 0 Å². The second-order valence-electron chi connectivity index (χ2n) is 6.79. The number of nitro groups is 1. The molecule has 1 N–H and O–H groups in total. The van der Waals surface area contributed by atoms with Crippen LogP contribution in [0.4, 0.5) is 5.69 Å². The number of hydrogen-bond donors (Lipinski definition) is 1. The second-order valence-corrected chi connectivity index (χ2v) is 8.56. The van der Waals surface area contributed by atoms with E-state index in [1.54, 1.807) is 6.92 Å². The van der Waals surface area contributed by atoms with Crippen LogP contribution < -0.4 is 4.72 Å². The Morgan fingerprint density at radius 2 is 1.81 bits per heavy atom. The number of sulfonamides is 1. The van der Waals surface area contributed by atoms with Crippen LogP contribution in [-0.4, -0.2) is 33.1 Å². The summed E-state index contributed by atoms with van der Waals surface area (Å²) in [5.74, 6) is 0. The normalized spacial score (nSPS) is 16.8. The molecule has 0 aliphatic carbocycles. The lowest BCUT2D eigenvalue weighted by Gasteiger charge is -2.37. The molecule has 144 valence electrons. The molecule has 0 bridgehead atoms. The first-order valence-electron chi connectivity index (χ1n) is 8.72. The van der Waals surface area contributed by atoms with Gasteiger partial charge in [0.2, 0.25) is 10.0 Å². The summed E-state index contributed by atoms with van der Waals surface area (Å²) in [5.41, 5.74) is 0.917. The first-order valence-corrected chi connectivity index (χ1v) is 10.2. The van der Waals surface area contributed by atoms with E-state index in [4.69, 9.17) is 4.74 Å². The van der Waals surface area contributed by atoms with E-state index in [1.165, 1.54) is 12.1 Å². The quantitative estimate of drug-likeness (QED) is 0.604. The van der Waals surface area contributed by atoms with Crippen molar-refractivity contribution in [3.8, 4) is 0 Å². The molecule has 8 heteroatoms. The number of hydrogen-bond acceptors (Lipinski definition) is 5. The molecule has 0 amide bonds. The van der Waals surface area contributed by atoms with Gasteiger partial charge in [-0.15, -0.1) is 0 Å². The average molecular weight is 390 g/mol. The molecule has 27 heavy (non-hydrogen) atoms. The second kappa shape index (κ2) is 7.75. The minimum Gasteiger partial charge on any atom is -0.381 e. The van der Waals surface area contributed by atoms with Gasteiger partial charge in [0.1, 0.15) is 0 Å². The van der Waals surface area contributed by atoms with Gasteiger partial charge in [0, 0.05) is 36.8 Å². The van der Waals surface area contributed by atoms with Crippen LogP contribution in [0.2, 0.25) is 0 Å². The smallest absolute Gasteiger partial charge is 0.273 e. The van der Waals surface area contributed by atoms with Crippen molar-refractivity contribution in [2.45, 2.75) is 30.1 Å². The van der Waals surface area contributed by atoms with Crippen molar-refractivity contribution in [2.75, 3.05) is 19.8 Å². The monoisotopic (exact) mass is 390 g/mol. The fourth-order valence-electron chi connectivity index (χ4n) is 3.39. The summed E-state index contributed by atoms with van der Waals surface area (Å²) in [7, 11) is -3.87. The Bertz CT molecular complexity index is 922. The molecule has 1 saturated heterocycles. The topological polar surface area (TPSA) is 98.5 Å². The number of nitrogens with one attached hydrogen (secondary N) is 1. The maximum atomic E-state index is 12.8. The largest absolute Gasteiger partial charge is 0.381 e. The summed E-state index contributed by atoms with van der Waals surface area (Å²) in [6.07, 6.45) is 1.40. The molecule has 1 aliphatic heterocycles. The van der Waals surface area contributed by atoms with Gasteiger partial charge >= 0.3 is 0 Å². The van der Waals surface area contributed by atoms with Crippen LogP contribution in [0.5, 0.6) is 0 Å². The number of nitrogens with zero attached hydrogens (tertiary/aromatic N) is 1. The maximum Gasteiger partial charge on any atom is 0.273 e. The fraction of sp³-hybridized carbons (Fsp3) is 0.368. The van der Waals surface area contributed by atoms with Gasteiger partial charge in [-0.05, 0) is 31.4 Å². The van der Waals surface area contributed by atoms with Crippen LogP contribution in [-0.2, 0) is 20.2 Å². The summed E-state index contributed by atoms with van der Waals surface area (Å²) < 4.78 is 33.7. The van der Waals surface area contributed by atoms with Crippen LogP contribution >= 0.6 is 0 Å². The molecule has 0 aromatic heterocycles. The lowest BCUT2D eigenvalue weighted by molar-refractivity contribution is -0.385. The van der Waals surface area contributed by atoms with E-state index in [9.17, 15) is 18.5 Å². The van der Waals surface area contributed by atoms with Crippen molar-refractivity contribution in [2.24, 2.45) is 0 Å². The standard InChI is InChI=1S/C19H22N2O5S/c1-15-7-8-17(13-18(15)21(22)23)27(24,25)20-14-19(9-11-26-12-10-19)16-5-3-2-4-6-16/h2-8,13,20H,9-12,14H2,1H3. The zero-order valence-corrected chi connectivity index (χ0v) is 15.9. The van der Waals surface area contributed by atoms with E-state index in [0.29, 0.717) is 31.6 Å². The van der Waals surface area contributed by atoms with Gasteiger partial charge in [-0.3, -0.25) is 10.1 Å². The first kappa shape index (κ1) is 19.5. The average Bonchev–Trinajstić information content (AvgIpc) is 2.68. The highest BCUT2D eigenvalue weighted by molar-refractivity contribution is 7.89. The summed E-state index contributed by atoms with van der Waals surface area (Å²) in [6, 6.07) is 13.7. The molecular weight excluding hydrogens is 368 g/mol. The van der Waals surface area contributed by atoms with Gasteiger partial charge in [-0.1, -0.05) is 36.4 Å². The van der Waals surface area contributed by atoms with E-state index < -0.39 is 14.9 Å². The number of ether oxygens (including phenoxy) is 1. The Labute approximate surface area is 158 Å². The Morgan fingerprint density at radius 3 is 2.44 bits per heavy atom. The molecule has 1 aliphatic rings. The Hall–Kier alpha value is -2.29. The van der Waals surface area contributed by atoms with Crippen molar-refractivity contribution in [3.63, 3.8) is 0 Å². The predicted molar refractivity (Wildman–Crippen MR) is 101 cm³/mol. The van der Waals surface area contributed by atoms with Crippen LogP contribution in [0.3, 0.4) is 0 Å². The van der Waals surface area contributed by atoms with E-state index in [0.717, 1.165) is 11.6 Å². The summed E-state index contributed by atoms with van der Waals surface area (Å²) in [6.45, 7) is 2.91. The highest BCUT2D eigenvalue weighted by Gasteiger charge is 2.35. The Morgan fingerprint density at radius 1 is 1.15 bits per heavy atom. The van der Waals surface area contributed by atoms with Crippen molar-refractivity contribution in [1.29, 1.82) is 0 Å². The Balaban J connectivity index is 1.87. The maximum absolute atomic E-state index is 12.8. The minimum absolute atomic E-state index is 0.102. The van der Waals surface area contributed by atoms with E-state index in [1.807, 2.05) is 30.3 Å². The Kier molecular flexibility index (Phi) is 5.59. The molecule has 3 rings (SSSR count). The van der Waals surface area contributed by atoms with Crippen LogP contribution in [0.15, 0.2) is 53.4 Å². The molecular formula is C19H22N2O5S. The van der Waals surface area contributed by atoms with Crippen molar-refractivity contribution < 1.29 is 18.1 Å². The molecule has 2 aromatic rings. The van der Waals surface area contributed by atoms with Crippen molar-refractivity contribution in [1.82, 2.24) is 4.72 Å². The highest BCUT2D eigenvalue weighted by atomic mass is 32.2. The number of benzene rings is 2. The van der Waals surface area contributed by atoms with E-state index in [-0.39, 0.29) is 22.5 Å². The first-order chi connectivity index (χ1) is 12.8. The fourth-order valence-corrected chi connectivity index (χ4v) is 4.54. The third kappa shape index (κ3) is 4.18. The number of aryl methyl sites for hydroxylation is 1. The zero-order chi connectivity index (χ0) is 19.5. The van der Waals surface area contributed by atoms with Crippen LogP contribution in [0.1, 0.15) is 24.0 Å². The molecule has 0 unspecified atom stereocenters. The highest BCUT2D eigenvalue weighted by Crippen LogP contribution is 2.34. The SMILES string of the molecule is Cc1ccc(S(=O)(=O)NCC2(c3ccccc3)CCOCC2)cc1[N+](=O)[O-]. The van der Waals surface area contributed by atoms with E-state index >= 15 is 0 Å². The van der Waals surface area contributed by atoms with Gasteiger partial charge in [0.25, 0.3) is 5.69 Å². The van der Waals surface area contributed by atoms with Crippen LogP contribution in [0, 0.1) is 17.0 Å². The lowest BCUT2D eigenvalue weighted by atomic mass is 9.74. The lowest BCUT2D eigenvalue weighted by Crippen LogP contribution is -2.44. The van der Waals surface area contributed by atoms with Gasteiger partial charge in [0.05, 0.1) is 9.82 Å². The minimum atomic E-state index is -3.87. The third-order valence-electron chi connectivity index (χ3n) is 5.12. The molecule has 0 atom stereocenters. The van der Waals surface area contributed by atoms with Gasteiger partial charge in [-0.2, -0.15) is 0 Å². The molecule has 7 nitrogen and oxygen atoms in total. The number of rotatable bonds is 6. The molecule has 0 spiro atoms. The third-order valence-corrected chi connectivity index (χ3v) is 6.52. The van der Waals surface area contributed by atoms with E-state index in [2.05, 4.69) is 4.72 Å². The van der Waals surface area contributed by atoms with Gasteiger partial charge < -0.3 is 4.74 Å². The number of nitro benzene ring substituents is 1. The van der Waals surface area contributed by atoms with Crippen molar-refractivity contribution >= 4 is 15.7 Å². The summed E-state index contributed by atoms with van der Waals surface area (Å²) >= 11 is 0. The molecule has 0 radical (unpaired) electrons. The molecule has 2 aromatic carbocycles. The predicted octanol–water partition coefficient (Wildman–Crippen LogP) is 2.93. The molecule has 0 saturated carbocycles. The zero-order valence-electron chi connectivity index (χ0n) is 15.1. The molecule has 1 fully saturated rings. The van der Waals surface area contributed by atoms with Crippen LogP contribution in [0.25, 0.3) is 0 Å². The summed E-state index contributed by atoms with van der Waals surface area (Å²) in [4.78, 5) is 10.4. The van der Waals surface area contributed by atoms with Gasteiger partial charge in [-0.25, -0.2) is 13.1 Å². The molecule has 1 heterocycles. The summed E-state index contributed by atoms with van der Waals surface area (Å²) in [5, 5.41) is 11.1. The van der Waals surface area contributed by atoms with Crippen molar-refractivity contribution in [3.05, 3.63) is 69.8 Å².